The second-order valence-corrected chi connectivity index (χ2v) is 7.22. The summed E-state index contributed by atoms with van der Waals surface area (Å²) in [7, 11) is 0. The van der Waals surface area contributed by atoms with Gasteiger partial charge in [0.25, 0.3) is 0 Å². The smallest absolute Gasteiger partial charge is 0.0718 e. The summed E-state index contributed by atoms with van der Waals surface area (Å²) in [6.07, 6.45) is 7.17. The van der Waals surface area contributed by atoms with Crippen molar-refractivity contribution in [2.75, 3.05) is 0 Å². The van der Waals surface area contributed by atoms with Gasteiger partial charge < -0.3 is 10.3 Å². The highest BCUT2D eigenvalue weighted by Gasteiger charge is 2.34. The fraction of sp³-hybridized carbons (Fsp3) is 0.174. The van der Waals surface area contributed by atoms with Crippen LogP contribution >= 0.6 is 0 Å². The predicted molar refractivity (Wildman–Crippen MR) is 106 cm³/mol. The first kappa shape index (κ1) is 15.4. The predicted octanol–water partition coefficient (Wildman–Crippen LogP) is 5.03. The molecule has 1 aliphatic rings. The molecule has 0 radical (unpaired) electrons. The van der Waals surface area contributed by atoms with Crippen LogP contribution in [0.3, 0.4) is 0 Å². The molecular weight excluding hydrogens is 318 g/mol. The molecular formula is C23H21N3. The molecule has 2 aromatic carbocycles. The lowest BCUT2D eigenvalue weighted by atomic mass is 9.73. The zero-order valence-electron chi connectivity index (χ0n) is 14.6. The Bertz CT molecular complexity index is 1060. The number of pyridine rings is 1. The lowest BCUT2D eigenvalue weighted by molar-refractivity contribution is 0.253. The molecule has 0 unspecified atom stereocenters. The van der Waals surface area contributed by atoms with Crippen LogP contribution in [0.1, 0.15) is 24.8 Å². The number of aromatic nitrogens is 2. The molecule has 2 N–H and O–H groups in total. The first-order valence-corrected chi connectivity index (χ1v) is 9.15. The molecule has 26 heavy (non-hydrogen) atoms. The van der Waals surface area contributed by atoms with Crippen LogP contribution in [-0.4, -0.2) is 9.55 Å². The Morgan fingerprint density at radius 3 is 2.38 bits per heavy atom. The molecule has 4 aromatic rings. The van der Waals surface area contributed by atoms with Gasteiger partial charge in [-0.05, 0) is 54.7 Å². The molecule has 1 fully saturated rings. The van der Waals surface area contributed by atoms with Gasteiger partial charge in [0.05, 0.1) is 17.4 Å². The highest BCUT2D eigenvalue weighted by Crippen LogP contribution is 2.39. The maximum atomic E-state index is 6.49. The molecule has 1 saturated carbocycles. The quantitative estimate of drug-likeness (QED) is 0.569. The van der Waals surface area contributed by atoms with Crippen LogP contribution in [-0.2, 0) is 5.54 Å². The third kappa shape index (κ3) is 2.36. The normalized spacial score (nSPS) is 15.7. The largest absolute Gasteiger partial charge is 0.321 e. The molecule has 2 heterocycles. The van der Waals surface area contributed by atoms with E-state index < -0.39 is 0 Å². The van der Waals surface area contributed by atoms with Crippen molar-refractivity contribution in [3.63, 3.8) is 0 Å². The summed E-state index contributed by atoms with van der Waals surface area (Å²) in [6.45, 7) is 0. The number of benzene rings is 2. The third-order valence-corrected chi connectivity index (χ3v) is 5.62. The standard InChI is InChI=1S/C23H21N3/c24-23(12-4-13-23)19-7-9-20(10-8-19)26-21(17-5-2-1-3-6-17)15-18-11-14-25-16-22(18)26/h1-3,5-11,14-16H,4,12-13,24H2. The van der Waals surface area contributed by atoms with E-state index in [0.29, 0.717) is 0 Å². The van der Waals surface area contributed by atoms with E-state index in [9.17, 15) is 0 Å². The second-order valence-electron chi connectivity index (χ2n) is 7.22. The number of nitrogens with zero attached hydrogens (tertiary/aromatic N) is 2. The maximum absolute atomic E-state index is 6.49. The molecule has 0 saturated heterocycles. The molecule has 0 spiro atoms. The lowest BCUT2D eigenvalue weighted by Crippen LogP contribution is -2.43. The van der Waals surface area contributed by atoms with Crippen molar-refractivity contribution in [2.24, 2.45) is 5.73 Å². The Kier molecular flexibility index (Phi) is 3.44. The van der Waals surface area contributed by atoms with E-state index in [2.05, 4.69) is 70.2 Å². The van der Waals surface area contributed by atoms with Crippen molar-refractivity contribution in [2.45, 2.75) is 24.8 Å². The van der Waals surface area contributed by atoms with Crippen molar-refractivity contribution in [3.8, 4) is 16.9 Å². The van der Waals surface area contributed by atoms with Gasteiger partial charge in [0.1, 0.15) is 0 Å². The van der Waals surface area contributed by atoms with Crippen LogP contribution in [0.15, 0.2) is 79.1 Å². The molecule has 0 atom stereocenters. The topological polar surface area (TPSA) is 43.8 Å². The SMILES string of the molecule is NC1(c2ccc(-n3c(-c4ccccc4)cc4ccncc43)cc2)CCC1. The second kappa shape index (κ2) is 5.82. The summed E-state index contributed by atoms with van der Waals surface area (Å²) < 4.78 is 2.28. The van der Waals surface area contributed by atoms with Crippen molar-refractivity contribution in [3.05, 3.63) is 84.7 Å². The van der Waals surface area contributed by atoms with Gasteiger partial charge in [-0.15, -0.1) is 0 Å². The third-order valence-electron chi connectivity index (χ3n) is 5.62. The highest BCUT2D eigenvalue weighted by molar-refractivity contribution is 5.88. The van der Waals surface area contributed by atoms with Gasteiger partial charge in [-0.3, -0.25) is 4.98 Å². The van der Waals surface area contributed by atoms with Gasteiger partial charge >= 0.3 is 0 Å². The van der Waals surface area contributed by atoms with Crippen molar-refractivity contribution in [1.82, 2.24) is 9.55 Å². The maximum Gasteiger partial charge on any atom is 0.0718 e. The van der Waals surface area contributed by atoms with Gasteiger partial charge in [-0.25, -0.2) is 0 Å². The summed E-state index contributed by atoms with van der Waals surface area (Å²) >= 11 is 0. The van der Waals surface area contributed by atoms with E-state index in [1.54, 1.807) is 0 Å². The number of hydrogen-bond donors (Lipinski definition) is 1. The Morgan fingerprint density at radius 1 is 0.923 bits per heavy atom. The molecule has 5 rings (SSSR count). The first-order valence-electron chi connectivity index (χ1n) is 9.15. The molecule has 0 bridgehead atoms. The van der Waals surface area contributed by atoms with E-state index in [4.69, 9.17) is 5.73 Å². The fourth-order valence-corrected chi connectivity index (χ4v) is 3.94. The first-order chi connectivity index (χ1) is 12.7. The van der Waals surface area contributed by atoms with E-state index in [1.165, 1.54) is 28.6 Å². The van der Waals surface area contributed by atoms with E-state index in [1.807, 2.05) is 18.5 Å². The monoisotopic (exact) mass is 339 g/mol. The van der Waals surface area contributed by atoms with Crippen LogP contribution in [0.25, 0.3) is 27.8 Å². The van der Waals surface area contributed by atoms with Crippen LogP contribution in [0.2, 0.25) is 0 Å². The molecule has 3 heteroatoms. The lowest BCUT2D eigenvalue weighted by Gasteiger charge is -2.38. The number of hydrogen-bond acceptors (Lipinski definition) is 2. The molecule has 0 amide bonds. The van der Waals surface area contributed by atoms with Crippen molar-refractivity contribution >= 4 is 10.9 Å². The van der Waals surface area contributed by atoms with E-state index in [0.717, 1.165) is 24.0 Å². The van der Waals surface area contributed by atoms with Crippen LogP contribution < -0.4 is 5.73 Å². The van der Waals surface area contributed by atoms with E-state index >= 15 is 0 Å². The number of rotatable bonds is 3. The summed E-state index contributed by atoms with van der Waals surface area (Å²) in [5, 5.41) is 1.19. The molecule has 0 aliphatic heterocycles. The minimum Gasteiger partial charge on any atom is -0.321 e. The Labute approximate surface area is 153 Å². The van der Waals surface area contributed by atoms with Crippen LogP contribution in [0.5, 0.6) is 0 Å². The summed E-state index contributed by atoms with van der Waals surface area (Å²) in [4.78, 5) is 4.34. The molecule has 2 aromatic heterocycles. The fourth-order valence-electron chi connectivity index (χ4n) is 3.94. The van der Waals surface area contributed by atoms with Gasteiger partial charge in [-0.1, -0.05) is 42.5 Å². The summed E-state index contributed by atoms with van der Waals surface area (Å²) in [5.74, 6) is 0. The number of nitrogens with two attached hydrogens (primary N) is 1. The number of fused-ring (bicyclic) bond motifs is 1. The zero-order chi connectivity index (χ0) is 17.6. The Balaban J connectivity index is 1.68. The van der Waals surface area contributed by atoms with Gasteiger partial charge in [-0.2, -0.15) is 0 Å². The average Bonchev–Trinajstić information content (AvgIpc) is 3.06. The molecule has 3 nitrogen and oxygen atoms in total. The van der Waals surface area contributed by atoms with Crippen molar-refractivity contribution < 1.29 is 0 Å². The molecule has 128 valence electrons. The zero-order valence-corrected chi connectivity index (χ0v) is 14.6. The van der Waals surface area contributed by atoms with Crippen molar-refractivity contribution in [1.29, 1.82) is 0 Å². The highest BCUT2D eigenvalue weighted by atomic mass is 15.0. The summed E-state index contributed by atoms with van der Waals surface area (Å²) in [6, 6.07) is 23.5. The van der Waals surface area contributed by atoms with Gasteiger partial charge in [0.2, 0.25) is 0 Å². The minimum absolute atomic E-state index is 0.124. The Hall–Kier alpha value is -2.91. The van der Waals surface area contributed by atoms with Crippen LogP contribution in [0.4, 0.5) is 0 Å². The summed E-state index contributed by atoms with van der Waals surface area (Å²) in [5.41, 5.74) is 12.2. The van der Waals surface area contributed by atoms with Gasteiger partial charge in [0.15, 0.2) is 0 Å². The molecule has 1 aliphatic carbocycles. The van der Waals surface area contributed by atoms with Gasteiger partial charge in [0, 0.05) is 22.8 Å². The average molecular weight is 339 g/mol. The minimum atomic E-state index is -0.124. The Morgan fingerprint density at radius 2 is 1.69 bits per heavy atom. The van der Waals surface area contributed by atoms with E-state index in [-0.39, 0.29) is 5.54 Å². The van der Waals surface area contributed by atoms with Crippen LogP contribution in [0, 0.1) is 0 Å².